The van der Waals surface area contributed by atoms with Gasteiger partial charge >= 0.3 is 5.63 Å². The zero-order valence-electron chi connectivity index (χ0n) is 15.5. The highest BCUT2D eigenvalue weighted by molar-refractivity contribution is 7.99. The first kappa shape index (κ1) is 18.4. The number of fused-ring (bicyclic) bond motifs is 1. The molecular formula is C22H19NO4S. The molecule has 4 rings (SSSR count). The first-order valence-electron chi connectivity index (χ1n) is 8.87. The van der Waals surface area contributed by atoms with Gasteiger partial charge in [-0.2, -0.15) is 0 Å². The van der Waals surface area contributed by atoms with Gasteiger partial charge in [0, 0.05) is 28.2 Å². The van der Waals surface area contributed by atoms with Gasteiger partial charge in [-0.25, -0.2) is 4.79 Å². The molecule has 1 N–H and O–H groups in total. The normalized spacial score (nSPS) is 16.1. The zero-order valence-corrected chi connectivity index (χ0v) is 16.3. The third-order valence-corrected chi connectivity index (χ3v) is 5.90. The summed E-state index contributed by atoms with van der Waals surface area (Å²) < 4.78 is 10.8. The molecule has 1 aliphatic heterocycles. The lowest BCUT2D eigenvalue weighted by Gasteiger charge is -2.18. The van der Waals surface area contributed by atoms with Crippen LogP contribution < -0.4 is 10.4 Å². The molecule has 2 aromatic carbocycles. The van der Waals surface area contributed by atoms with Crippen LogP contribution in [0.1, 0.15) is 28.6 Å². The van der Waals surface area contributed by atoms with E-state index in [0.29, 0.717) is 17.9 Å². The highest BCUT2D eigenvalue weighted by Crippen LogP contribution is 2.47. The molecule has 0 radical (unpaired) electrons. The van der Waals surface area contributed by atoms with E-state index in [-0.39, 0.29) is 16.6 Å². The maximum absolute atomic E-state index is 12.5. The summed E-state index contributed by atoms with van der Waals surface area (Å²) in [7, 11) is 1.64. The van der Waals surface area contributed by atoms with Gasteiger partial charge in [-0.05, 0) is 25.1 Å². The van der Waals surface area contributed by atoms with Crippen LogP contribution in [-0.4, -0.2) is 17.9 Å². The van der Waals surface area contributed by atoms with E-state index in [4.69, 9.17) is 14.1 Å². The Hall–Kier alpha value is -2.99. The molecule has 0 aliphatic carbocycles. The van der Waals surface area contributed by atoms with Crippen LogP contribution in [0.2, 0.25) is 0 Å². The highest BCUT2D eigenvalue weighted by atomic mass is 32.2. The molecule has 0 saturated carbocycles. The first-order chi connectivity index (χ1) is 13.6. The molecule has 3 aromatic rings. The van der Waals surface area contributed by atoms with E-state index in [1.54, 1.807) is 25.8 Å². The van der Waals surface area contributed by atoms with Crippen LogP contribution in [0.5, 0.6) is 11.5 Å². The number of hydrogen-bond acceptors (Lipinski definition) is 6. The van der Waals surface area contributed by atoms with E-state index in [0.717, 1.165) is 21.9 Å². The average Bonchev–Trinajstić information content (AvgIpc) is 2.86. The highest BCUT2D eigenvalue weighted by Gasteiger charge is 2.27. The third kappa shape index (κ3) is 3.43. The number of para-hydroxylation sites is 2. The van der Waals surface area contributed by atoms with Crippen LogP contribution in [0.15, 0.2) is 73.7 Å². The predicted molar refractivity (Wildman–Crippen MR) is 110 cm³/mol. The van der Waals surface area contributed by atoms with Crippen molar-refractivity contribution in [3.05, 3.63) is 81.9 Å². The van der Waals surface area contributed by atoms with Crippen molar-refractivity contribution in [1.82, 2.24) is 0 Å². The number of aryl methyl sites for hydroxylation is 1. The maximum Gasteiger partial charge on any atom is 0.348 e. The molecule has 1 aliphatic rings. The number of benzene rings is 2. The molecule has 1 atom stereocenters. The minimum Gasteiger partial charge on any atom is -0.507 e. The van der Waals surface area contributed by atoms with Gasteiger partial charge in [0.1, 0.15) is 22.8 Å². The Balaban J connectivity index is 1.89. The van der Waals surface area contributed by atoms with E-state index >= 15 is 0 Å². The number of rotatable bonds is 3. The first-order valence-corrected chi connectivity index (χ1v) is 9.75. The number of aromatic hydroxyl groups is 1. The van der Waals surface area contributed by atoms with Crippen molar-refractivity contribution in [2.75, 3.05) is 7.11 Å². The topological polar surface area (TPSA) is 72.0 Å². The summed E-state index contributed by atoms with van der Waals surface area (Å²) in [6, 6.07) is 17.0. The molecule has 0 bridgehead atoms. The van der Waals surface area contributed by atoms with Gasteiger partial charge in [0.25, 0.3) is 0 Å². The molecule has 28 heavy (non-hydrogen) atoms. The van der Waals surface area contributed by atoms with Gasteiger partial charge in [-0.3, -0.25) is 4.99 Å². The summed E-state index contributed by atoms with van der Waals surface area (Å²) in [5.41, 5.74) is 1.80. The van der Waals surface area contributed by atoms with Crippen molar-refractivity contribution >= 4 is 23.2 Å². The van der Waals surface area contributed by atoms with E-state index in [1.165, 1.54) is 6.07 Å². The lowest BCUT2D eigenvalue weighted by atomic mass is 10.0. The molecule has 0 saturated heterocycles. The van der Waals surface area contributed by atoms with Gasteiger partial charge in [0.15, 0.2) is 0 Å². The molecule has 5 nitrogen and oxygen atoms in total. The SMILES string of the molecule is COc1ccccc1[C@H]1CC(c2c(O)cc(C)oc2=O)=Nc2ccccc2S1. The van der Waals surface area contributed by atoms with Gasteiger partial charge in [0.2, 0.25) is 0 Å². The second kappa shape index (κ2) is 7.56. The van der Waals surface area contributed by atoms with Crippen LogP contribution >= 0.6 is 11.8 Å². The number of ether oxygens (including phenoxy) is 1. The average molecular weight is 393 g/mol. The Morgan fingerprint density at radius 1 is 1.18 bits per heavy atom. The Morgan fingerprint density at radius 2 is 1.93 bits per heavy atom. The van der Waals surface area contributed by atoms with Gasteiger partial charge in [-0.1, -0.05) is 30.3 Å². The van der Waals surface area contributed by atoms with Gasteiger partial charge in [-0.15, -0.1) is 11.8 Å². The van der Waals surface area contributed by atoms with Crippen molar-refractivity contribution in [2.45, 2.75) is 23.5 Å². The predicted octanol–water partition coefficient (Wildman–Crippen LogP) is 5.02. The molecular weight excluding hydrogens is 374 g/mol. The minimum absolute atomic E-state index is 0.0429. The number of methoxy groups -OCH3 is 1. The number of nitrogens with zero attached hydrogens (tertiary/aromatic N) is 1. The molecule has 0 amide bonds. The number of hydrogen-bond donors (Lipinski definition) is 1. The van der Waals surface area contributed by atoms with E-state index in [2.05, 4.69) is 0 Å². The van der Waals surface area contributed by atoms with Crippen molar-refractivity contribution in [3.8, 4) is 11.5 Å². The summed E-state index contributed by atoms with van der Waals surface area (Å²) in [4.78, 5) is 18.2. The summed E-state index contributed by atoms with van der Waals surface area (Å²) >= 11 is 1.66. The molecule has 1 aromatic heterocycles. The largest absolute Gasteiger partial charge is 0.507 e. The fourth-order valence-corrected chi connectivity index (χ4v) is 4.60. The summed E-state index contributed by atoms with van der Waals surface area (Å²) in [6.45, 7) is 1.63. The molecule has 6 heteroatoms. The zero-order chi connectivity index (χ0) is 19.7. The third-order valence-electron chi connectivity index (χ3n) is 4.60. The van der Waals surface area contributed by atoms with E-state index in [1.807, 2.05) is 48.5 Å². The van der Waals surface area contributed by atoms with Crippen LogP contribution in [0.4, 0.5) is 5.69 Å². The van der Waals surface area contributed by atoms with Crippen molar-refractivity contribution in [3.63, 3.8) is 0 Å². The van der Waals surface area contributed by atoms with Crippen molar-refractivity contribution in [1.29, 1.82) is 0 Å². The molecule has 2 heterocycles. The summed E-state index contributed by atoms with van der Waals surface area (Å²) in [5, 5.41) is 10.4. The lowest BCUT2D eigenvalue weighted by Crippen LogP contribution is -2.17. The van der Waals surface area contributed by atoms with Crippen LogP contribution in [-0.2, 0) is 0 Å². The lowest BCUT2D eigenvalue weighted by molar-refractivity contribution is 0.409. The Kier molecular flexibility index (Phi) is 4.96. The van der Waals surface area contributed by atoms with E-state index < -0.39 is 5.63 Å². The second-order valence-corrected chi connectivity index (χ2v) is 7.73. The Bertz CT molecular complexity index is 1120. The van der Waals surface area contributed by atoms with Crippen LogP contribution in [0.3, 0.4) is 0 Å². The fraction of sp³-hybridized carbons (Fsp3) is 0.182. The molecule has 0 spiro atoms. The quantitative estimate of drug-likeness (QED) is 0.676. The number of thioether (sulfide) groups is 1. The van der Waals surface area contributed by atoms with Gasteiger partial charge < -0.3 is 14.3 Å². The van der Waals surface area contributed by atoms with Crippen LogP contribution in [0.25, 0.3) is 0 Å². The standard InChI is InChI=1S/C22H19NO4S/c1-13-11-17(24)21(22(25)27-13)16-12-20(14-7-3-5-9-18(14)26-2)28-19-10-6-4-8-15(19)23-16/h3-11,20,24H,12H2,1-2H3/t20-/m1/s1. The Labute approximate surface area is 166 Å². The van der Waals surface area contributed by atoms with Gasteiger partial charge in [0.05, 0.1) is 18.5 Å². The Morgan fingerprint density at radius 3 is 2.71 bits per heavy atom. The molecule has 0 unspecified atom stereocenters. The van der Waals surface area contributed by atoms with E-state index in [9.17, 15) is 9.90 Å². The minimum atomic E-state index is -0.584. The van der Waals surface area contributed by atoms with Crippen molar-refractivity contribution in [2.24, 2.45) is 4.99 Å². The molecule has 0 fully saturated rings. The van der Waals surface area contributed by atoms with Crippen LogP contribution in [0, 0.1) is 6.92 Å². The number of aliphatic imine (C=N–C) groups is 1. The fourth-order valence-electron chi connectivity index (χ4n) is 3.34. The van der Waals surface area contributed by atoms with Crippen molar-refractivity contribution < 1.29 is 14.3 Å². The summed E-state index contributed by atoms with van der Waals surface area (Å²) in [6.07, 6.45) is 0.446. The molecule has 142 valence electrons. The monoisotopic (exact) mass is 393 g/mol. The smallest absolute Gasteiger partial charge is 0.348 e. The summed E-state index contributed by atoms with van der Waals surface area (Å²) in [5.74, 6) is 1.02. The maximum atomic E-state index is 12.5. The second-order valence-electron chi connectivity index (χ2n) is 6.48.